The first kappa shape index (κ1) is 24.2. The van der Waals surface area contributed by atoms with Gasteiger partial charge in [-0.05, 0) is 55.3 Å². The quantitative estimate of drug-likeness (QED) is 0.279. The van der Waals surface area contributed by atoms with E-state index in [1.807, 2.05) is 19.1 Å². The van der Waals surface area contributed by atoms with Gasteiger partial charge in [0.05, 0.1) is 19.4 Å². The molecule has 0 saturated carbocycles. The lowest BCUT2D eigenvalue weighted by Gasteiger charge is -2.12. The second-order valence-corrected chi connectivity index (χ2v) is 7.13. The van der Waals surface area contributed by atoms with Gasteiger partial charge in [-0.3, -0.25) is 9.59 Å². The molecule has 0 aliphatic carbocycles. The van der Waals surface area contributed by atoms with Gasteiger partial charge < -0.3 is 14.8 Å². The first-order chi connectivity index (χ1) is 15.0. The Hall–Kier alpha value is -3.06. The van der Waals surface area contributed by atoms with E-state index in [-0.39, 0.29) is 24.7 Å². The second-order valence-electron chi connectivity index (χ2n) is 6.69. The minimum absolute atomic E-state index is 0.0120. The van der Waals surface area contributed by atoms with Crippen molar-refractivity contribution in [3.63, 3.8) is 0 Å². The van der Waals surface area contributed by atoms with E-state index in [1.165, 1.54) is 6.21 Å². The number of benzene rings is 2. The standard InChI is InChI=1S/C23H28ClN3O4/c1-3-5-13-31-20-10-9-17(14-21(20)30-4-2)16-25-27-23(29)12-11-22(28)26-19-8-6-7-18(24)15-19/h6-10,14-16H,3-5,11-13H2,1-2H3,(H,26,28)(H,27,29). The fourth-order valence-electron chi connectivity index (χ4n) is 2.57. The van der Waals surface area contributed by atoms with Crippen molar-refractivity contribution in [3.05, 3.63) is 53.1 Å². The second kappa shape index (κ2) is 13.3. The highest BCUT2D eigenvalue weighted by atomic mass is 35.5. The number of carbonyl (C=O) groups excluding carboxylic acids is 2. The van der Waals surface area contributed by atoms with Crippen LogP contribution in [0, 0.1) is 0 Å². The van der Waals surface area contributed by atoms with Crippen LogP contribution in [0.15, 0.2) is 47.6 Å². The Morgan fingerprint density at radius 3 is 2.58 bits per heavy atom. The van der Waals surface area contributed by atoms with Crippen molar-refractivity contribution in [2.75, 3.05) is 18.5 Å². The number of ether oxygens (including phenoxy) is 2. The van der Waals surface area contributed by atoms with Crippen molar-refractivity contribution in [1.82, 2.24) is 5.43 Å². The van der Waals surface area contributed by atoms with E-state index >= 15 is 0 Å². The number of nitrogens with one attached hydrogen (secondary N) is 2. The molecule has 0 heterocycles. The molecule has 2 N–H and O–H groups in total. The molecule has 2 aromatic carbocycles. The molecule has 0 atom stereocenters. The predicted octanol–water partition coefficient (Wildman–Crippen LogP) is 4.79. The highest BCUT2D eigenvalue weighted by Crippen LogP contribution is 2.28. The Kier molecular flexibility index (Phi) is 10.4. The largest absolute Gasteiger partial charge is 0.490 e. The molecular formula is C23H28ClN3O4. The fourth-order valence-corrected chi connectivity index (χ4v) is 2.76. The summed E-state index contributed by atoms with van der Waals surface area (Å²) in [6.07, 6.45) is 3.58. The van der Waals surface area contributed by atoms with Crippen LogP contribution in [0.1, 0.15) is 45.1 Å². The van der Waals surface area contributed by atoms with Gasteiger partial charge in [-0.2, -0.15) is 5.10 Å². The summed E-state index contributed by atoms with van der Waals surface area (Å²) in [7, 11) is 0. The minimum atomic E-state index is -0.359. The normalized spacial score (nSPS) is 10.7. The van der Waals surface area contributed by atoms with E-state index in [4.69, 9.17) is 21.1 Å². The average molecular weight is 446 g/mol. The van der Waals surface area contributed by atoms with Crippen molar-refractivity contribution in [2.45, 2.75) is 39.5 Å². The van der Waals surface area contributed by atoms with E-state index in [2.05, 4.69) is 22.8 Å². The number of nitrogens with zero attached hydrogens (tertiary/aromatic N) is 1. The van der Waals surface area contributed by atoms with Crippen LogP contribution < -0.4 is 20.2 Å². The SMILES string of the molecule is CCCCOc1ccc(C=NNC(=O)CCC(=O)Nc2cccc(Cl)c2)cc1OCC. The van der Waals surface area contributed by atoms with Gasteiger partial charge in [-0.1, -0.05) is 31.0 Å². The number of hydrogen-bond donors (Lipinski definition) is 2. The lowest BCUT2D eigenvalue weighted by Crippen LogP contribution is -2.20. The molecule has 0 spiro atoms. The molecule has 0 saturated heterocycles. The molecule has 2 aromatic rings. The lowest BCUT2D eigenvalue weighted by molar-refractivity contribution is -0.124. The maximum absolute atomic E-state index is 12.0. The van der Waals surface area contributed by atoms with E-state index in [9.17, 15) is 9.59 Å². The van der Waals surface area contributed by atoms with Crippen LogP contribution in [-0.2, 0) is 9.59 Å². The van der Waals surface area contributed by atoms with Crippen LogP contribution in [0.5, 0.6) is 11.5 Å². The first-order valence-corrected chi connectivity index (χ1v) is 10.7. The molecule has 0 aliphatic rings. The molecule has 8 heteroatoms. The van der Waals surface area contributed by atoms with Crippen molar-refractivity contribution in [2.24, 2.45) is 5.10 Å². The Bertz CT molecular complexity index is 902. The molecule has 0 aromatic heterocycles. The summed E-state index contributed by atoms with van der Waals surface area (Å²) >= 11 is 5.88. The summed E-state index contributed by atoms with van der Waals surface area (Å²) in [6.45, 7) is 5.15. The van der Waals surface area contributed by atoms with Gasteiger partial charge in [0.2, 0.25) is 11.8 Å². The van der Waals surface area contributed by atoms with Gasteiger partial charge in [-0.15, -0.1) is 0 Å². The van der Waals surface area contributed by atoms with Gasteiger partial charge in [-0.25, -0.2) is 5.43 Å². The molecule has 0 aliphatic heterocycles. The van der Waals surface area contributed by atoms with Crippen LogP contribution in [-0.4, -0.2) is 31.2 Å². The molecular weight excluding hydrogens is 418 g/mol. The first-order valence-electron chi connectivity index (χ1n) is 10.3. The maximum atomic E-state index is 12.0. The van der Waals surface area contributed by atoms with Crippen molar-refractivity contribution in [3.8, 4) is 11.5 Å². The Balaban J connectivity index is 1.81. The van der Waals surface area contributed by atoms with E-state index in [0.29, 0.717) is 35.4 Å². The lowest BCUT2D eigenvalue weighted by atomic mass is 10.2. The smallest absolute Gasteiger partial charge is 0.240 e. The zero-order valence-electron chi connectivity index (χ0n) is 17.8. The Morgan fingerprint density at radius 1 is 1.03 bits per heavy atom. The number of halogens is 1. The van der Waals surface area contributed by atoms with Crippen LogP contribution >= 0.6 is 11.6 Å². The fraction of sp³-hybridized carbons (Fsp3) is 0.348. The highest BCUT2D eigenvalue weighted by molar-refractivity contribution is 6.30. The van der Waals surface area contributed by atoms with Crippen LogP contribution in [0.2, 0.25) is 5.02 Å². The van der Waals surface area contributed by atoms with Gasteiger partial charge in [0.15, 0.2) is 11.5 Å². The third-order valence-corrected chi connectivity index (χ3v) is 4.35. The van der Waals surface area contributed by atoms with Gasteiger partial charge in [0, 0.05) is 23.6 Å². The molecule has 0 bridgehead atoms. The van der Waals surface area contributed by atoms with E-state index in [0.717, 1.165) is 18.4 Å². The summed E-state index contributed by atoms with van der Waals surface area (Å²) in [5.74, 6) is 0.678. The molecule has 2 rings (SSSR count). The van der Waals surface area contributed by atoms with E-state index in [1.54, 1.807) is 30.3 Å². The molecule has 0 radical (unpaired) electrons. The van der Waals surface area contributed by atoms with Crippen molar-refractivity contribution in [1.29, 1.82) is 0 Å². The number of unbranched alkanes of at least 4 members (excludes halogenated alkanes) is 1. The average Bonchev–Trinajstić information content (AvgIpc) is 2.74. The topological polar surface area (TPSA) is 89.0 Å². The third-order valence-electron chi connectivity index (χ3n) is 4.11. The number of hydrazone groups is 1. The zero-order valence-corrected chi connectivity index (χ0v) is 18.6. The number of anilines is 1. The minimum Gasteiger partial charge on any atom is -0.490 e. The predicted molar refractivity (Wildman–Crippen MR) is 123 cm³/mol. The molecule has 166 valence electrons. The number of hydrogen-bond acceptors (Lipinski definition) is 5. The van der Waals surface area contributed by atoms with Crippen LogP contribution in [0.4, 0.5) is 5.69 Å². The zero-order chi connectivity index (χ0) is 22.5. The molecule has 2 amide bonds. The van der Waals surface area contributed by atoms with E-state index < -0.39 is 0 Å². The van der Waals surface area contributed by atoms with Crippen LogP contribution in [0.25, 0.3) is 0 Å². The number of rotatable bonds is 12. The monoisotopic (exact) mass is 445 g/mol. The summed E-state index contributed by atoms with van der Waals surface area (Å²) < 4.78 is 11.4. The van der Waals surface area contributed by atoms with Crippen LogP contribution in [0.3, 0.4) is 0 Å². The molecule has 7 nitrogen and oxygen atoms in total. The molecule has 31 heavy (non-hydrogen) atoms. The summed E-state index contributed by atoms with van der Waals surface area (Å²) in [5.41, 5.74) is 3.77. The molecule has 0 fully saturated rings. The Morgan fingerprint density at radius 2 is 1.84 bits per heavy atom. The molecule has 0 unspecified atom stereocenters. The van der Waals surface area contributed by atoms with Gasteiger partial charge in [0.25, 0.3) is 0 Å². The third kappa shape index (κ3) is 9.09. The van der Waals surface area contributed by atoms with Gasteiger partial charge in [0.1, 0.15) is 0 Å². The maximum Gasteiger partial charge on any atom is 0.240 e. The van der Waals surface area contributed by atoms with Crippen molar-refractivity contribution < 1.29 is 19.1 Å². The number of carbonyl (C=O) groups is 2. The summed E-state index contributed by atoms with van der Waals surface area (Å²) in [4.78, 5) is 23.9. The number of amides is 2. The highest BCUT2D eigenvalue weighted by Gasteiger charge is 2.08. The summed E-state index contributed by atoms with van der Waals surface area (Å²) in [6, 6.07) is 12.3. The summed E-state index contributed by atoms with van der Waals surface area (Å²) in [5, 5.41) is 7.17. The van der Waals surface area contributed by atoms with Crippen molar-refractivity contribution >= 4 is 35.3 Å². The van der Waals surface area contributed by atoms with Gasteiger partial charge >= 0.3 is 0 Å². The Labute approximate surface area is 187 Å².